The smallest absolute Gasteiger partial charge is 0.317 e. The average molecular weight is 298 g/mol. The van der Waals surface area contributed by atoms with Crippen molar-refractivity contribution >= 4 is 6.03 Å². The zero-order valence-corrected chi connectivity index (χ0v) is 12.2. The third-order valence-corrected chi connectivity index (χ3v) is 4.00. The summed E-state index contributed by atoms with van der Waals surface area (Å²) in [5.41, 5.74) is 0.344. The second-order valence-electron chi connectivity index (χ2n) is 5.86. The Morgan fingerprint density at radius 1 is 1.43 bits per heavy atom. The molecule has 2 N–H and O–H groups in total. The second-order valence-corrected chi connectivity index (χ2v) is 5.86. The molecule has 1 unspecified atom stereocenters. The van der Waals surface area contributed by atoms with Gasteiger partial charge in [0.15, 0.2) is 11.6 Å². The van der Waals surface area contributed by atoms with Crippen LogP contribution in [-0.4, -0.2) is 36.2 Å². The molecule has 2 rings (SSSR count). The molecule has 6 heteroatoms. The Morgan fingerprint density at radius 3 is 2.62 bits per heavy atom. The van der Waals surface area contributed by atoms with Gasteiger partial charge in [-0.05, 0) is 37.5 Å². The van der Waals surface area contributed by atoms with E-state index < -0.39 is 17.7 Å². The fraction of sp³-hybridized carbons (Fsp3) is 0.533. The normalized spacial score (nSPS) is 17.2. The molecule has 1 aromatic carbocycles. The molecular weight excluding hydrogens is 278 g/mol. The lowest BCUT2D eigenvalue weighted by Crippen LogP contribution is -2.42. The zero-order valence-electron chi connectivity index (χ0n) is 12.2. The number of aliphatic hydroxyl groups is 1. The average Bonchev–Trinajstić information content (AvgIpc) is 3.21. The molecule has 0 saturated heterocycles. The van der Waals surface area contributed by atoms with Crippen LogP contribution in [0.2, 0.25) is 0 Å². The van der Waals surface area contributed by atoms with Crippen LogP contribution in [0.25, 0.3) is 0 Å². The van der Waals surface area contributed by atoms with Gasteiger partial charge in [-0.2, -0.15) is 0 Å². The van der Waals surface area contributed by atoms with Gasteiger partial charge in [-0.3, -0.25) is 0 Å². The fourth-order valence-electron chi connectivity index (χ4n) is 2.28. The van der Waals surface area contributed by atoms with Gasteiger partial charge in [0.05, 0.1) is 12.6 Å². The number of nitrogens with zero attached hydrogens (tertiary/aromatic N) is 1. The molecule has 1 fully saturated rings. The van der Waals surface area contributed by atoms with Crippen LogP contribution in [0.4, 0.5) is 13.6 Å². The number of carbonyl (C=O) groups excluding carboxylic acids is 1. The van der Waals surface area contributed by atoms with E-state index >= 15 is 0 Å². The summed E-state index contributed by atoms with van der Waals surface area (Å²) in [5.74, 6) is -1.84. The van der Waals surface area contributed by atoms with Gasteiger partial charge in [0.1, 0.15) is 0 Å². The highest BCUT2D eigenvalue weighted by molar-refractivity contribution is 5.74. The zero-order chi connectivity index (χ0) is 15.6. The van der Waals surface area contributed by atoms with Crippen molar-refractivity contribution in [3.05, 3.63) is 35.4 Å². The first-order valence-electron chi connectivity index (χ1n) is 6.94. The van der Waals surface area contributed by atoms with Crippen molar-refractivity contribution in [2.45, 2.75) is 25.8 Å². The molecule has 0 radical (unpaired) electrons. The van der Waals surface area contributed by atoms with Crippen LogP contribution in [0.1, 0.15) is 31.4 Å². The van der Waals surface area contributed by atoms with E-state index in [0.717, 1.165) is 25.0 Å². The van der Waals surface area contributed by atoms with Gasteiger partial charge in [-0.25, -0.2) is 13.6 Å². The number of aliphatic hydroxyl groups excluding tert-OH is 1. The van der Waals surface area contributed by atoms with E-state index in [1.165, 1.54) is 11.0 Å². The third kappa shape index (κ3) is 3.69. The minimum absolute atomic E-state index is 0.0728. The van der Waals surface area contributed by atoms with Gasteiger partial charge in [0.2, 0.25) is 0 Å². The minimum Gasteiger partial charge on any atom is -0.396 e. The number of amides is 2. The number of urea groups is 1. The van der Waals surface area contributed by atoms with Gasteiger partial charge in [0, 0.05) is 19.0 Å². The SMILES string of the molecule is CC(NC(=O)N(C)CC1(CO)CC1)c1ccc(F)c(F)c1. The summed E-state index contributed by atoms with van der Waals surface area (Å²) in [5, 5.41) is 12.0. The molecule has 0 aliphatic heterocycles. The Hall–Kier alpha value is -1.69. The summed E-state index contributed by atoms with van der Waals surface area (Å²) < 4.78 is 26.1. The van der Waals surface area contributed by atoms with Crippen molar-refractivity contribution in [2.75, 3.05) is 20.2 Å². The van der Waals surface area contributed by atoms with Crippen LogP contribution in [-0.2, 0) is 0 Å². The maximum absolute atomic E-state index is 13.2. The Bertz CT molecular complexity index is 532. The highest BCUT2D eigenvalue weighted by Gasteiger charge is 2.43. The molecule has 21 heavy (non-hydrogen) atoms. The molecule has 4 nitrogen and oxygen atoms in total. The molecular formula is C15H20F2N2O2. The summed E-state index contributed by atoms with van der Waals surface area (Å²) in [6.45, 7) is 2.26. The summed E-state index contributed by atoms with van der Waals surface area (Å²) in [7, 11) is 1.66. The third-order valence-electron chi connectivity index (χ3n) is 4.00. The van der Waals surface area contributed by atoms with Crippen LogP contribution in [0.5, 0.6) is 0 Å². The van der Waals surface area contributed by atoms with Crippen molar-refractivity contribution in [3.8, 4) is 0 Å². The molecule has 1 aliphatic rings. The maximum Gasteiger partial charge on any atom is 0.317 e. The summed E-state index contributed by atoms with van der Waals surface area (Å²) >= 11 is 0. The Labute approximate surface area is 122 Å². The van der Waals surface area contributed by atoms with Gasteiger partial charge in [-0.1, -0.05) is 6.07 Å². The van der Waals surface area contributed by atoms with E-state index in [1.54, 1.807) is 14.0 Å². The molecule has 1 aromatic rings. The van der Waals surface area contributed by atoms with E-state index in [-0.39, 0.29) is 18.1 Å². The van der Waals surface area contributed by atoms with Crippen LogP contribution in [0, 0.1) is 17.0 Å². The predicted molar refractivity (Wildman–Crippen MR) is 74.7 cm³/mol. The van der Waals surface area contributed by atoms with Crippen LogP contribution in [0.15, 0.2) is 18.2 Å². The maximum atomic E-state index is 13.2. The van der Waals surface area contributed by atoms with Crippen molar-refractivity contribution in [1.29, 1.82) is 0 Å². The number of halogens is 2. The van der Waals surface area contributed by atoms with Crippen LogP contribution in [0.3, 0.4) is 0 Å². The Kier molecular flexibility index (Phi) is 4.46. The van der Waals surface area contributed by atoms with E-state index in [1.807, 2.05) is 0 Å². The highest BCUT2D eigenvalue weighted by Crippen LogP contribution is 2.45. The van der Waals surface area contributed by atoms with E-state index in [0.29, 0.717) is 12.1 Å². The van der Waals surface area contributed by atoms with Gasteiger partial charge >= 0.3 is 6.03 Å². The summed E-state index contributed by atoms with van der Waals surface area (Å²) in [4.78, 5) is 13.6. The van der Waals surface area contributed by atoms with E-state index in [9.17, 15) is 18.7 Å². The molecule has 116 valence electrons. The van der Waals surface area contributed by atoms with Crippen LogP contribution < -0.4 is 5.32 Å². The molecule has 0 bridgehead atoms. The lowest BCUT2D eigenvalue weighted by atomic mass is 10.1. The largest absolute Gasteiger partial charge is 0.396 e. The molecule has 0 spiro atoms. The quantitative estimate of drug-likeness (QED) is 0.877. The monoisotopic (exact) mass is 298 g/mol. The van der Waals surface area contributed by atoms with Crippen molar-refractivity contribution in [3.63, 3.8) is 0 Å². The first-order chi connectivity index (χ1) is 9.87. The van der Waals surface area contributed by atoms with Crippen LogP contribution >= 0.6 is 0 Å². The summed E-state index contributed by atoms with van der Waals surface area (Å²) in [6.07, 6.45) is 1.83. The first-order valence-corrected chi connectivity index (χ1v) is 6.94. The minimum atomic E-state index is -0.931. The number of nitrogens with one attached hydrogen (secondary N) is 1. The standard InChI is InChI=1S/C15H20F2N2O2/c1-10(11-3-4-12(16)13(17)7-11)18-14(21)19(2)8-15(9-20)5-6-15/h3-4,7,10,20H,5-6,8-9H2,1-2H3,(H,18,21). The Morgan fingerprint density at radius 2 is 2.10 bits per heavy atom. The number of hydrogen-bond acceptors (Lipinski definition) is 2. The highest BCUT2D eigenvalue weighted by atomic mass is 19.2. The molecule has 1 aliphatic carbocycles. The lowest BCUT2D eigenvalue weighted by Gasteiger charge is -2.25. The molecule has 0 aromatic heterocycles. The van der Waals surface area contributed by atoms with Gasteiger partial charge < -0.3 is 15.3 Å². The number of hydrogen-bond donors (Lipinski definition) is 2. The van der Waals surface area contributed by atoms with Gasteiger partial charge in [-0.15, -0.1) is 0 Å². The molecule has 1 saturated carbocycles. The Balaban J connectivity index is 1.93. The lowest BCUT2D eigenvalue weighted by molar-refractivity contribution is 0.160. The number of benzene rings is 1. The van der Waals surface area contributed by atoms with E-state index in [2.05, 4.69) is 5.32 Å². The topological polar surface area (TPSA) is 52.6 Å². The van der Waals surface area contributed by atoms with Crippen molar-refractivity contribution in [2.24, 2.45) is 5.41 Å². The molecule has 0 heterocycles. The fourth-order valence-corrected chi connectivity index (χ4v) is 2.28. The van der Waals surface area contributed by atoms with Crippen molar-refractivity contribution in [1.82, 2.24) is 10.2 Å². The summed E-state index contributed by atoms with van der Waals surface area (Å²) in [6, 6.07) is 2.84. The van der Waals surface area contributed by atoms with Gasteiger partial charge in [0.25, 0.3) is 0 Å². The van der Waals surface area contributed by atoms with Crippen molar-refractivity contribution < 1.29 is 18.7 Å². The molecule has 1 atom stereocenters. The molecule has 2 amide bonds. The number of rotatable bonds is 5. The first kappa shape index (κ1) is 15.7. The second kappa shape index (κ2) is 5.97. The number of carbonyl (C=O) groups is 1. The predicted octanol–water partition coefficient (Wildman–Crippen LogP) is 2.44. The van der Waals surface area contributed by atoms with E-state index in [4.69, 9.17) is 0 Å².